The summed E-state index contributed by atoms with van der Waals surface area (Å²) in [6, 6.07) is 16.1. The van der Waals surface area contributed by atoms with Gasteiger partial charge in [0.1, 0.15) is 5.78 Å². The molecule has 2 rings (SSSR count). The molecule has 0 saturated carbocycles. The molecule has 0 bridgehead atoms. The van der Waals surface area contributed by atoms with Crippen LogP contribution in [0.1, 0.15) is 13.3 Å². The number of anilines is 3. The van der Waals surface area contributed by atoms with Crippen LogP contribution in [0.5, 0.6) is 0 Å². The topological polar surface area (TPSA) is 75.4 Å². The number of hydrogen-bond acceptors (Lipinski definition) is 3. The van der Waals surface area contributed by atoms with Crippen molar-refractivity contribution in [1.29, 1.82) is 0 Å². The van der Waals surface area contributed by atoms with Crippen molar-refractivity contribution in [3.8, 4) is 0 Å². The summed E-state index contributed by atoms with van der Waals surface area (Å²) < 4.78 is 0. The largest absolute Gasteiger partial charge is 0.399 e. The molecule has 5 nitrogen and oxygen atoms in total. The highest BCUT2D eigenvalue weighted by atomic mass is 16.2. The molecule has 5 heteroatoms. The lowest BCUT2D eigenvalue weighted by molar-refractivity contribution is -0.116. The number of benzene rings is 2. The van der Waals surface area contributed by atoms with Crippen LogP contribution < -0.4 is 16.0 Å². The van der Waals surface area contributed by atoms with Crippen LogP contribution in [0.2, 0.25) is 0 Å². The highest BCUT2D eigenvalue weighted by molar-refractivity contribution is 5.99. The van der Waals surface area contributed by atoms with Gasteiger partial charge in [0.05, 0.1) is 11.4 Å². The van der Waals surface area contributed by atoms with Gasteiger partial charge in [-0.2, -0.15) is 0 Å². The third-order valence-electron chi connectivity index (χ3n) is 3.12. The van der Waals surface area contributed by atoms with Crippen molar-refractivity contribution >= 4 is 28.9 Å². The second-order valence-electron chi connectivity index (χ2n) is 4.95. The number of Topliss-reactive ketones (excluding diaryl/α,β-unsaturated/α-hetero) is 1. The Morgan fingerprint density at radius 3 is 2.18 bits per heavy atom. The molecule has 22 heavy (non-hydrogen) atoms. The number of nitrogens with two attached hydrogens (primary N) is 1. The monoisotopic (exact) mass is 297 g/mol. The highest BCUT2D eigenvalue weighted by Gasteiger charge is 2.17. The van der Waals surface area contributed by atoms with Gasteiger partial charge in [-0.25, -0.2) is 4.79 Å². The molecule has 0 atom stereocenters. The molecule has 2 aromatic carbocycles. The van der Waals surface area contributed by atoms with E-state index in [2.05, 4.69) is 5.32 Å². The van der Waals surface area contributed by atoms with E-state index in [4.69, 9.17) is 5.73 Å². The van der Waals surface area contributed by atoms with Crippen molar-refractivity contribution in [2.24, 2.45) is 0 Å². The smallest absolute Gasteiger partial charge is 0.326 e. The molecule has 0 fully saturated rings. The summed E-state index contributed by atoms with van der Waals surface area (Å²) in [6.07, 6.45) is 0.316. The van der Waals surface area contributed by atoms with Crippen molar-refractivity contribution in [3.63, 3.8) is 0 Å². The van der Waals surface area contributed by atoms with Crippen LogP contribution >= 0.6 is 0 Å². The minimum absolute atomic E-state index is 0.0408. The summed E-state index contributed by atoms with van der Waals surface area (Å²) in [4.78, 5) is 25.0. The van der Waals surface area contributed by atoms with E-state index in [1.54, 1.807) is 29.2 Å². The molecule has 0 aliphatic carbocycles. The van der Waals surface area contributed by atoms with Crippen LogP contribution in [0.4, 0.5) is 21.9 Å². The maximum atomic E-state index is 12.5. The van der Waals surface area contributed by atoms with Crippen LogP contribution in [0.3, 0.4) is 0 Å². The normalized spacial score (nSPS) is 10.0. The second-order valence-corrected chi connectivity index (χ2v) is 4.95. The van der Waals surface area contributed by atoms with E-state index < -0.39 is 0 Å². The molecule has 0 spiro atoms. The number of nitrogens with one attached hydrogen (secondary N) is 1. The maximum absolute atomic E-state index is 12.5. The first-order valence-corrected chi connectivity index (χ1v) is 7.06. The lowest BCUT2D eigenvalue weighted by atomic mass is 10.2. The van der Waals surface area contributed by atoms with Gasteiger partial charge in [-0.15, -0.1) is 0 Å². The summed E-state index contributed by atoms with van der Waals surface area (Å²) in [5.74, 6) is 0.0408. The van der Waals surface area contributed by atoms with Crippen molar-refractivity contribution in [2.45, 2.75) is 13.3 Å². The van der Waals surface area contributed by atoms with Crippen LogP contribution in [0.15, 0.2) is 54.6 Å². The number of nitrogens with zero attached hydrogens (tertiary/aromatic N) is 1. The van der Waals surface area contributed by atoms with Gasteiger partial charge in [0, 0.05) is 18.7 Å². The van der Waals surface area contributed by atoms with Gasteiger partial charge in [-0.05, 0) is 43.3 Å². The van der Waals surface area contributed by atoms with Crippen molar-refractivity contribution in [3.05, 3.63) is 54.6 Å². The number of carbonyl (C=O) groups excluding carboxylic acids is 2. The van der Waals surface area contributed by atoms with Crippen LogP contribution in [-0.4, -0.2) is 18.4 Å². The van der Waals surface area contributed by atoms with E-state index in [0.29, 0.717) is 24.3 Å². The van der Waals surface area contributed by atoms with Gasteiger partial charge in [0.15, 0.2) is 0 Å². The average Bonchev–Trinajstić information content (AvgIpc) is 2.50. The SMILES string of the molecule is CC(=O)CCNC(=O)N(c1ccccc1)c1ccc(N)cc1. The Kier molecular flexibility index (Phi) is 5.14. The summed E-state index contributed by atoms with van der Waals surface area (Å²) in [5.41, 5.74) is 7.78. The van der Waals surface area contributed by atoms with Gasteiger partial charge in [-0.1, -0.05) is 18.2 Å². The summed E-state index contributed by atoms with van der Waals surface area (Å²) in [6.45, 7) is 1.81. The van der Waals surface area contributed by atoms with Gasteiger partial charge in [0.2, 0.25) is 0 Å². The molecular formula is C17H19N3O2. The molecule has 2 aromatic rings. The number of rotatable bonds is 5. The van der Waals surface area contributed by atoms with Crippen molar-refractivity contribution in [2.75, 3.05) is 17.2 Å². The first-order chi connectivity index (χ1) is 10.6. The number of nitrogen functional groups attached to an aromatic ring is 1. The first kappa shape index (κ1) is 15.6. The highest BCUT2D eigenvalue weighted by Crippen LogP contribution is 2.25. The average molecular weight is 297 g/mol. The minimum Gasteiger partial charge on any atom is -0.399 e. The quantitative estimate of drug-likeness (QED) is 0.833. The molecule has 114 valence electrons. The van der Waals surface area contributed by atoms with Gasteiger partial charge < -0.3 is 11.1 Å². The van der Waals surface area contributed by atoms with Crippen LogP contribution in [0.25, 0.3) is 0 Å². The Morgan fingerprint density at radius 2 is 1.59 bits per heavy atom. The molecule has 2 amide bonds. The van der Waals surface area contributed by atoms with E-state index in [-0.39, 0.29) is 11.8 Å². The van der Waals surface area contributed by atoms with E-state index in [0.717, 1.165) is 5.69 Å². The Hall–Kier alpha value is -2.82. The molecule has 3 N–H and O–H groups in total. The van der Waals surface area contributed by atoms with Gasteiger partial charge in [0.25, 0.3) is 0 Å². The zero-order valence-electron chi connectivity index (χ0n) is 12.5. The molecule has 0 aliphatic rings. The fourth-order valence-electron chi connectivity index (χ4n) is 2.01. The predicted octanol–water partition coefficient (Wildman–Crippen LogP) is 3.10. The van der Waals surface area contributed by atoms with Crippen LogP contribution in [0, 0.1) is 0 Å². The number of urea groups is 1. The number of ketones is 1. The van der Waals surface area contributed by atoms with Crippen molar-refractivity contribution in [1.82, 2.24) is 5.32 Å². The van der Waals surface area contributed by atoms with Crippen molar-refractivity contribution < 1.29 is 9.59 Å². The molecule has 0 aliphatic heterocycles. The Bertz CT molecular complexity index is 639. The molecule has 0 radical (unpaired) electrons. The number of carbonyl (C=O) groups is 2. The minimum atomic E-state index is -0.280. The molecule has 0 unspecified atom stereocenters. The zero-order valence-corrected chi connectivity index (χ0v) is 12.5. The summed E-state index contributed by atoms with van der Waals surface area (Å²) in [5, 5.41) is 2.76. The molecule has 0 saturated heterocycles. The van der Waals surface area contributed by atoms with E-state index >= 15 is 0 Å². The van der Waals surface area contributed by atoms with E-state index in [9.17, 15) is 9.59 Å². The summed E-state index contributed by atoms with van der Waals surface area (Å²) >= 11 is 0. The molecule has 0 aromatic heterocycles. The molecule has 0 heterocycles. The Labute approximate surface area is 129 Å². The Morgan fingerprint density at radius 1 is 1.00 bits per heavy atom. The third kappa shape index (κ3) is 4.09. The van der Waals surface area contributed by atoms with E-state index in [1.807, 2.05) is 30.3 Å². The van der Waals surface area contributed by atoms with Gasteiger partial charge in [-0.3, -0.25) is 9.69 Å². The fraction of sp³-hybridized carbons (Fsp3) is 0.176. The third-order valence-corrected chi connectivity index (χ3v) is 3.12. The fourth-order valence-corrected chi connectivity index (χ4v) is 2.01. The summed E-state index contributed by atoms with van der Waals surface area (Å²) in [7, 11) is 0. The predicted molar refractivity (Wildman–Crippen MR) is 88.1 cm³/mol. The maximum Gasteiger partial charge on any atom is 0.326 e. The van der Waals surface area contributed by atoms with Crippen LogP contribution in [-0.2, 0) is 4.79 Å². The standard InChI is InChI=1S/C17H19N3O2/c1-13(21)11-12-19-17(22)20(15-5-3-2-4-6-15)16-9-7-14(18)8-10-16/h2-10H,11-12,18H2,1H3,(H,19,22). The lowest BCUT2D eigenvalue weighted by Gasteiger charge is -2.23. The Balaban J connectivity index is 2.24. The number of para-hydroxylation sites is 1. The number of hydrogen-bond donors (Lipinski definition) is 2. The lowest BCUT2D eigenvalue weighted by Crippen LogP contribution is -2.37. The zero-order chi connectivity index (χ0) is 15.9. The first-order valence-electron chi connectivity index (χ1n) is 7.06. The van der Waals surface area contributed by atoms with E-state index in [1.165, 1.54) is 6.92 Å². The van der Waals surface area contributed by atoms with Gasteiger partial charge >= 0.3 is 6.03 Å². The second kappa shape index (κ2) is 7.26. The number of amides is 2. The molecular weight excluding hydrogens is 278 g/mol.